The van der Waals surface area contributed by atoms with Crippen LogP contribution in [0.3, 0.4) is 0 Å². The zero-order valence-electron chi connectivity index (χ0n) is 11.8. The summed E-state index contributed by atoms with van der Waals surface area (Å²) in [4.78, 5) is 12.7. The molecule has 0 aromatic heterocycles. The normalized spacial score (nSPS) is 45.4. The third kappa shape index (κ3) is 1.79. The molecule has 0 N–H and O–H groups in total. The van der Waals surface area contributed by atoms with Crippen LogP contribution in [0.4, 0.5) is 0 Å². The number of carbonyl (C=O) groups is 1. The second-order valence-electron chi connectivity index (χ2n) is 6.53. The van der Waals surface area contributed by atoms with Gasteiger partial charge in [-0.15, -0.1) is 0 Å². The van der Waals surface area contributed by atoms with Gasteiger partial charge in [0.25, 0.3) is 5.79 Å². The molecule has 6 heteroatoms. The molecular weight excluding hydrogens is 264 g/mol. The smallest absolute Gasteiger partial charge is 0.258 e. The molecule has 112 valence electrons. The molecule has 6 nitrogen and oxygen atoms in total. The Kier molecular flexibility index (Phi) is 2.64. The van der Waals surface area contributed by atoms with E-state index in [9.17, 15) is 4.79 Å². The molecule has 3 heterocycles. The fourth-order valence-electron chi connectivity index (χ4n) is 3.62. The second-order valence-corrected chi connectivity index (χ2v) is 6.53. The molecule has 4 aliphatic rings. The van der Waals surface area contributed by atoms with Crippen LogP contribution in [0.1, 0.15) is 39.5 Å². The third-order valence-electron chi connectivity index (χ3n) is 4.54. The number of carbonyl (C=O) groups excluding carboxylic acids is 1. The van der Waals surface area contributed by atoms with Crippen molar-refractivity contribution in [2.75, 3.05) is 13.2 Å². The van der Waals surface area contributed by atoms with Crippen LogP contribution < -0.4 is 0 Å². The van der Waals surface area contributed by atoms with Crippen LogP contribution in [0.2, 0.25) is 0 Å². The van der Waals surface area contributed by atoms with Gasteiger partial charge in [-0.3, -0.25) is 4.79 Å². The van der Waals surface area contributed by atoms with Crippen molar-refractivity contribution >= 4 is 5.78 Å². The molecule has 0 amide bonds. The SMILES string of the molecule is CC1(C)O[C@@H]2CO[C@]3(COC4(CCCC4)O3)C(=O)[C@@H]2O1. The van der Waals surface area contributed by atoms with Crippen molar-refractivity contribution in [2.24, 2.45) is 0 Å². The molecule has 3 atom stereocenters. The van der Waals surface area contributed by atoms with Crippen LogP contribution in [0.15, 0.2) is 0 Å². The van der Waals surface area contributed by atoms with Crippen LogP contribution in [0.25, 0.3) is 0 Å². The van der Waals surface area contributed by atoms with E-state index < -0.39 is 23.5 Å². The fraction of sp³-hybridized carbons (Fsp3) is 0.929. The molecule has 0 bridgehead atoms. The molecule has 3 saturated heterocycles. The van der Waals surface area contributed by atoms with E-state index in [2.05, 4.69) is 0 Å². The van der Waals surface area contributed by atoms with Gasteiger partial charge in [0.05, 0.1) is 6.61 Å². The van der Waals surface area contributed by atoms with Crippen molar-refractivity contribution in [1.82, 2.24) is 0 Å². The second kappa shape index (κ2) is 4.01. The molecule has 1 aliphatic carbocycles. The Morgan fingerprint density at radius 3 is 2.60 bits per heavy atom. The van der Waals surface area contributed by atoms with Crippen LogP contribution >= 0.6 is 0 Å². The maximum absolute atomic E-state index is 12.7. The van der Waals surface area contributed by atoms with Gasteiger partial charge in [-0.05, 0) is 26.7 Å². The van der Waals surface area contributed by atoms with E-state index in [4.69, 9.17) is 23.7 Å². The van der Waals surface area contributed by atoms with Crippen molar-refractivity contribution in [2.45, 2.75) is 69.1 Å². The summed E-state index contributed by atoms with van der Waals surface area (Å²) in [5, 5.41) is 0. The minimum absolute atomic E-state index is 0.152. The van der Waals surface area contributed by atoms with Crippen molar-refractivity contribution in [3.8, 4) is 0 Å². The number of Topliss-reactive ketones (excluding diaryl/α,β-unsaturated/α-hetero) is 1. The van der Waals surface area contributed by atoms with Crippen LogP contribution in [0.5, 0.6) is 0 Å². The van der Waals surface area contributed by atoms with Gasteiger partial charge in [-0.2, -0.15) is 0 Å². The van der Waals surface area contributed by atoms with E-state index in [-0.39, 0.29) is 18.5 Å². The first kappa shape index (κ1) is 13.2. The van der Waals surface area contributed by atoms with Gasteiger partial charge in [-0.25, -0.2) is 0 Å². The van der Waals surface area contributed by atoms with Gasteiger partial charge in [0.15, 0.2) is 17.7 Å². The number of rotatable bonds is 0. The Morgan fingerprint density at radius 1 is 1.10 bits per heavy atom. The molecule has 2 spiro atoms. The van der Waals surface area contributed by atoms with Gasteiger partial charge >= 0.3 is 0 Å². The molecular formula is C14H20O6. The summed E-state index contributed by atoms with van der Waals surface area (Å²) < 4.78 is 28.9. The van der Waals surface area contributed by atoms with E-state index in [1.807, 2.05) is 0 Å². The molecule has 3 aliphatic heterocycles. The first-order valence-corrected chi connectivity index (χ1v) is 7.32. The van der Waals surface area contributed by atoms with Crippen LogP contribution in [-0.4, -0.2) is 48.6 Å². The lowest BCUT2D eigenvalue weighted by molar-refractivity contribution is -0.270. The van der Waals surface area contributed by atoms with E-state index >= 15 is 0 Å². The highest BCUT2D eigenvalue weighted by molar-refractivity contribution is 5.92. The first-order chi connectivity index (χ1) is 9.44. The van der Waals surface area contributed by atoms with Crippen LogP contribution in [-0.2, 0) is 28.5 Å². The molecule has 4 rings (SSSR count). The first-order valence-electron chi connectivity index (χ1n) is 7.32. The number of hydrogen-bond acceptors (Lipinski definition) is 6. The monoisotopic (exact) mass is 284 g/mol. The Labute approximate surface area is 117 Å². The summed E-state index contributed by atoms with van der Waals surface area (Å²) in [7, 11) is 0. The molecule has 20 heavy (non-hydrogen) atoms. The zero-order valence-corrected chi connectivity index (χ0v) is 11.8. The molecule has 0 radical (unpaired) electrons. The van der Waals surface area contributed by atoms with E-state index in [0.29, 0.717) is 6.61 Å². The average Bonchev–Trinajstić information content (AvgIpc) is 3.06. The molecule has 0 unspecified atom stereocenters. The summed E-state index contributed by atoms with van der Waals surface area (Å²) in [6.45, 7) is 4.05. The summed E-state index contributed by atoms with van der Waals surface area (Å²) in [5.41, 5.74) is 0. The van der Waals surface area contributed by atoms with Crippen molar-refractivity contribution in [1.29, 1.82) is 0 Å². The lowest BCUT2D eigenvalue weighted by atomic mass is 9.99. The molecule has 4 fully saturated rings. The van der Waals surface area contributed by atoms with Gasteiger partial charge in [0, 0.05) is 12.8 Å². The highest BCUT2D eigenvalue weighted by Gasteiger charge is 2.64. The number of hydrogen-bond donors (Lipinski definition) is 0. The van der Waals surface area contributed by atoms with Crippen LogP contribution in [0, 0.1) is 0 Å². The zero-order chi connectivity index (χ0) is 14.0. The number of ketones is 1. The molecule has 1 saturated carbocycles. The lowest BCUT2D eigenvalue weighted by Gasteiger charge is -2.36. The number of fused-ring (bicyclic) bond motifs is 1. The average molecular weight is 284 g/mol. The van der Waals surface area contributed by atoms with Crippen molar-refractivity contribution < 1.29 is 28.5 Å². The molecule has 0 aromatic carbocycles. The summed E-state index contributed by atoms with van der Waals surface area (Å²) in [6.07, 6.45) is 2.78. The predicted molar refractivity (Wildman–Crippen MR) is 65.8 cm³/mol. The Balaban J connectivity index is 1.57. The van der Waals surface area contributed by atoms with Crippen molar-refractivity contribution in [3.63, 3.8) is 0 Å². The van der Waals surface area contributed by atoms with Gasteiger partial charge in [0.1, 0.15) is 12.7 Å². The lowest BCUT2D eigenvalue weighted by Crippen LogP contribution is -2.59. The summed E-state index contributed by atoms with van der Waals surface area (Å²) in [6, 6.07) is 0. The van der Waals surface area contributed by atoms with E-state index in [1.54, 1.807) is 13.8 Å². The Bertz CT molecular complexity index is 441. The summed E-state index contributed by atoms with van der Waals surface area (Å²) >= 11 is 0. The fourth-order valence-corrected chi connectivity index (χ4v) is 3.62. The van der Waals surface area contributed by atoms with Crippen molar-refractivity contribution in [3.05, 3.63) is 0 Å². The minimum Gasteiger partial charge on any atom is -0.344 e. The third-order valence-corrected chi connectivity index (χ3v) is 4.54. The van der Waals surface area contributed by atoms with E-state index in [1.165, 1.54) is 0 Å². The summed E-state index contributed by atoms with van der Waals surface area (Å²) in [5.74, 6) is -2.89. The van der Waals surface area contributed by atoms with Gasteiger partial charge in [0.2, 0.25) is 5.78 Å². The Hall–Kier alpha value is -0.530. The topological polar surface area (TPSA) is 63.2 Å². The minimum atomic E-state index is -1.30. The standard InChI is InChI=1S/C14H20O6/c1-12(2)18-9-7-16-14(11(15)10(9)19-12)8-17-13(20-14)5-3-4-6-13/h9-10H,3-8H2,1-2H3/t9-,10-,14+/m1/s1. The largest absolute Gasteiger partial charge is 0.344 e. The maximum atomic E-state index is 12.7. The molecule has 0 aromatic rings. The highest BCUT2D eigenvalue weighted by Crippen LogP contribution is 2.47. The van der Waals surface area contributed by atoms with Gasteiger partial charge in [-0.1, -0.05) is 0 Å². The van der Waals surface area contributed by atoms with E-state index in [0.717, 1.165) is 25.7 Å². The highest BCUT2D eigenvalue weighted by atomic mass is 16.8. The number of ether oxygens (including phenoxy) is 5. The quantitative estimate of drug-likeness (QED) is 0.664. The van der Waals surface area contributed by atoms with Gasteiger partial charge < -0.3 is 23.7 Å². The predicted octanol–water partition coefficient (Wildman–Crippen LogP) is 1.12. The Morgan fingerprint density at radius 2 is 1.85 bits per heavy atom. The maximum Gasteiger partial charge on any atom is 0.258 e.